The van der Waals surface area contributed by atoms with Crippen LogP contribution in [0.3, 0.4) is 0 Å². The summed E-state index contributed by atoms with van der Waals surface area (Å²) in [6.45, 7) is -0.429. The predicted molar refractivity (Wildman–Crippen MR) is 96.0 cm³/mol. The van der Waals surface area contributed by atoms with Gasteiger partial charge in [0.05, 0.1) is 28.9 Å². The Morgan fingerprint density at radius 3 is 2.79 bits per heavy atom. The highest BCUT2D eigenvalue weighted by atomic mass is 19.3. The van der Waals surface area contributed by atoms with Crippen molar-refractivity contribution in [3.8, 4) is 6.07 Å². The van der Waals surface area contributed by atoms with E-state index in [1.807, 2.05) is 0 Å². The molecule has 0 bridgehead atoms. The van der Waals surface area contributed by atoms with Gasteiger partial charge >= 0.3 is 0 Å². The molecule has 144 valence electrons. The molecule has 1 atom stereocenters. The minimum atomic E-state index is -3.07. The highest BCUT2D eigenvalue weighted by molar-refractivity contribution is 6.03. The lowest BCUT2D eigenvalue weighted by Crippen LogP contribution is -2.41. The van der Waals surface area contributed by atoms with E-state index in [0.29, 0.717) is 33.3 Å². The smallest absolute Gasteiger partial charge is 0.291 e. The summed E-state index contributed by atoms with van der Waals surface area (Å²) >= 11 is 0. The van der Waals surface area contributed by atoms with Crippen LogP contribution in [0.4, 0.5) is 13.2 Å². The van der Waals surface area contributed by atoms with Crippen molar-refractivity contribution in [2.75, 3.05) is 13.2 Å². The van der Waals surface area contributed by atoms with E-state index < -0.39 is 24.7 Å². The number of halogens is 3. The van der Waals surface area contributed by atoms with Gasteiger partial charge in [0.25, 0.3) is 5.92 Å². The van der Waals surface area contributed by atoms with Gasteiger partial charge in [-0.25, -0.2) is 18.2 Å². The molecule has 3 heterocycles. The molecule has 5 nitrogen and oxygen atoms in total. The van der Waals surface area contributed by atoms with Gasteiger partial charge in [0.1, 0.15) is 30.2 Å². The molecule has 1 saturated heterocycles. The van der Waals surface area contributed by atoms with E-state index in [0.717, 1.165) is 0 Å². The second kappa shape index (κ2) is 6.17. The van der Waals surface area contributed by atoms with Crippen LogP contribution in [0.5, 0.6) is 0 Å². The lowest BCUT2D eigenvalue weighted by molar-refractivity contribution is -0.147. The van der Waals surface area contributed by atoms with E-state index >= 15 is 0 Å². The number of imidazole rings is 1. The molecule has 0 radical (unpaired) electrons. The third-order valence-corrected chi connectivity index (χ3v) is 5.75. The first-order valence-electron chi connectivity index (χ1n) is 9.28. The van der Waals surface area contributed by atoms with Crippen LogP contribution in [-0.2, 0) is 4.74 Å². The molecule has 0 amide bonds. The molecule has 0 N–H and O–H groups in total. The summed E-state index contributed by atoms with van der Waals surface area (Å²) in [6, 6.07) is 5.95. The van der Waals surface area contributed by atoms with Crippen LogP contribution in [0.2, 0.25) is 0 Å². The zero-order valence-corrected chi connectivity index (χ0v) is 14.9. The van der Waals surface area contributed by atoms with Crippen molar-refractivity contribution >= 4 is 21.9 Å². The Hall–Kier alpha value is -2.66. The third-order valence-electron chi connectivity index (χ3n) is 5.75. The number of ether oxygens (including phenoxy) is 1. The first-order valence-corrected chi connectivity index (χ1v) is 9.28. The fraction of sp³-hybridized carbons (Fsp3) is 0.450. The number of benzene rings is 1. The average Bonchev–Trinajstić information content (AvgIpc) is 3.03. The Labute approximate surface area is 158 Å². The molecule has 1 saturated carbocycles. The Bertz CT molecular complexity index is 1110. The highest BCUT2D eigenvalue weighted by Crippen LogP contribution is 2.45. The summed E-state index contributed by atoms with van der Waals surface area (Å²) < 4.78 is 49.8. The SMILES string of the molecule is N#Cc1ccc2ncc3nc([C@H]4C[C@H](F)C4)n(C4CCOCC4(F)F)c3c2c1. The molecule has 1 aliphatic carbocycles. The predicted octanol–water partition coefficient (Wildman–Crippen LogP) is 4.27. The maximum absolute atomic E-state index is 14.8. The molecular weight excluding hydrogens is 369 g/mol. The Kier molecular flexibility index (Phi) is 3.85. The van der Waals surface area contributed by atoms with Crippen molar-refractivity contribution in [2.45, 2.75) is 43.3 Å². The van der Waals surface area contributed by atoms with Crippen LogP contribution in [-0.4, -0.2) is 39.8 Å². The van der Waals surface area contributed by atoms with E-state index in [1.165, 1.54) is 0 Å². The number of fused-ring (bicyclic) bond motifs is 3. The number of alkyl halides is 3. The van der Waals surface area contributed by atoms with Crippen LogP contribution >= 0.6 is 0 Å². The van der Waals surface area contributed by atoms with E-state index in [-0.39, 0.29) is 31.8 Å². The normalized spacial score (nSPS) is 26.9. The molecule has 1 aliphatic heterocycles. The number of rotatable bonds is 2. The number of aromatic nitrogens is 3. The zero-order chi connectivity index (χ0) is 19.5. The van der Waals surface area contributed by atoms with Crippen LogP contribution in [0.15, 0.2) is 24.4 Å². The lowest BCUT2D eigenvalue weighted by atomic mass is 9.82. The topological polar surface area (TPSA) is 63.7 Å². The van der Waals surface area contributed by atoms with Gasteiger partial charge in [-0.2, -0.15) is 5.26 Å². The number of pyridine rings is 1. The third kappa shape index (κ3) is 2.57. The van der Waals surface area contributed by atoms with Crippen molar-refractivity contribution < 1.29 is 17.9 Å². The fourth-order valence-corrected chi connectivity index (χ4v) is 4.26. The Morgan fingerprint density at radius 2 is 2.07 bits per heavy atom. The molecule has 28 heavy (non-hydrogen) atoms. The van der Waals surface area contributed by atoms with Crippen molar-refractivity contribution in [3.63, 3.8) is 0 Å². The van der Waals surface area contributed by atoms with Gasteiger partial charge in [0.15, 0.2) is 0 Å². The van der Waals surface area contributed by atoms with Gasteiger partial charge in [-0.15, -0.1) is 0 Å². The summed E-state index contributed by atoms with van der Waals surface area (Å²) in [5.41, 5.74) is 2.04. The maximum atomic E-state index is 14.8. The first-order chi connectivity index (χ1) is 13.5. The molecule has 2 aliphatic rings. The average molecular weight is 386 g/mol. The molecule has 3 aromatic rings. The van der Waals surface area contributed by atoms with Crippen molar-refractivity contribution in [3.05, 3.63) is 35.8 Å². The molecule has 5 rings (SSSR count). The Balaban J connectivity index is 1.82. The van der Waals surface area contributed by atoms with E-state index in [4.69, 9.17) is 4.74 Å². The minimum Gasteiger partial charge on any atom is -0.375 e. The van der Waals surface area contributed by atoms with Gasteiger partial charge in [-0.3, -0.25) is 4.98 Å². The van der Waals surface area contributed by atoms with Crippen molar-refractivity contribution in [1.29, 1.82) is 5.26 Å². The van der Waals surface area contributed by atoms with Crippen LogP contribution in [0.1, 0.15) is 42.6 Å². The molecule has 0 spiro atoms. The maximum Gasteiger partial charge on any atom is 0.291 e. The first kappa shape index (κ1) is 17.4. The second-order valence-electron chi connectivity index (χ2n) is 7.56. The largest absolute Gasteiger partial charge is 0.375 e. The van der Waals surface area contributed by atoms with Crippen LogP contribution in [0, 0.1) is 11.3 Å². The van der Waals surface area contributed by atoms with Gasteiger partial charge in [0.2, 0.25) is 0 Å². The van der Waals surface area contributed by atoms with E-state index in [9.17, 15) is 18.4 Å². The monoisotopic (exact) mass is 386 g/mol. The van der Waals surface area contributed by atoms with Gasteiger partial charge < -0.3 is 9.30 Å². The fourth-order valence-electron chi connectivity index (χ4n) is 4.26. The minimum absolute atomic E-state index is 0.138. The van der Waals surface area contributed by atoms with Gasteiger partial charge in [0, 0.05) is 17.9 Å². The quantitative estimate of drug-likeness (QED) is 0.660. The van der Waals surface area contributed by atoms with Crippen molar-refractivity contribution in [1.82, 2.24) is 14.5 Å². The van der Waals surface area contributed by atoms with E-state index in [2.05, 4.69) is 16.0 Å². The molecule has 2 fully saturated rings. The Morgan fingerprint density at radius 1 is 1.25 bits per heavy atom. The molecule has 1 unspecified atom stereocenters. The molecular formula is C20H17F3N4O. The van der Waals surface area contributed by atoms with Crippen LogP contribution < -0.4 is 0 Å². The van der Waals surface area contributed by atoms with E-state index in [1.54, 1.807) is 29.0 Å². The molecule has 8 heteroatoms. The number of nitrogens with zero attached hydrogens (tertiary/aromatic N) is 4. The second-order valence-corrected chi connectivity index (χ2v) is 7.56. The summed E-state index contributed by atoms with van der Waals surface area (Å²) in [5.74, 6) is -2.79. The lowest BCUT2D eigenvalue weighted by Gasteiger charge is -2.36. The molecule has 1 aromatic carbocycles. The number of hydrogen-bond acceptors (Lipinski definition) is 4. The summed E-state index contributed by atoms with van der Waals surface area (Å²) in [4.78, 5) is 8.96. The van der Waals surface area contributed by atoms with Gasteiger partial charge in [-0.05, 0) is 37.5 Å². The number of hydrogen-bond donors (Lipinski definition) is 0. The standard InChI is InChI=1S/C20H17F3N4O/c21-13-6-12(7-13)19-26-16-9-25-15-2-1-11(8-24)5-14(15)18(16)27(19)17-3-4-28-10-20(17,22)23/h1-2,5,9,12-13,17H,3-4,6-7,10H2/t12-,13-,17?. The summed E-state index contributed by atoms with van der Waals surface area (Å²) in [7, 11) is 0. The highest BCUT2D eigenvalue weighted by Gasteiger charge is 2.47. The zero-order valence-electron chi connectivity index (χ0n) is 14.9. The van der Waals surface area contributed by atoms with Crippen LogP contribution in [0.25, 0.3) is 21.9 Å². The number of nitriles is 1. The molecule has 2 aromatic heterocycles. The van der Waals surface area contributed by atoms with Gasteiger partial charge in [-0.1, -0.05) is 0 Å². The summed E-state index contributed by atoms with van der Waals surface area (Å²) in [5, 5.41) is 9.87. The summed E-state index contributed by atoms with van der Waals surface area (Å²) in [6.07, 6.45) is 1.35. The van der Waals surface area contributed by atoms with Crippen molar-refractivity contribution in [2.24, 2.45) is 0 Å².